The van der Waals surface area contributed by atoms with Crippen LogP contribution in [0.15, 0.2) is 0 Å². The summed E-state index contributed by atoms with van der Waals surface area (Å²) in [6.45, 7) is 12.6. The van der Waals surface area contributed by atoms with Crippen molar-refractivity contribution in [3.05, 3.63) is 0 Å². The standard InChI is InChI=1S/C14H32N2/c1-5-14(6-2)16(12-13(3)4)11-9-7-8-10-15/h13-14H,5-12,15H2,1-4H3. The summed E-state index contributed by atoms with van der Waals surface area (Å²) in [4.78, 5) is 2.68. The Kier molecular flexibility index (Phi) is 10.0. The SMILES string of the molecule is CCC(CC)N(CCCCCN)CC(C)C. The van der Waals surface area contributed by atoms with Crippen molar-refractivity contribution >= 4 is 0 Å². The predicted octanol–water partition coefficient (Wildman–Crippen LogP) is 3.26. The molecule has 0 saturated carbocycles. The number of nitrogens with two attached hydrogens (primary N) is 1. The molecule has 0 rings (SSSR count). The monoisotopic (exact) mass is 228 g/mol. The fraction of sp³-hybridized carbons (Fsp3) is 1.00. The second-order valence-electron chi connectivity index (χ2n) is 5.21. The number of rotatable bonds is 10. The molecule has 0 radical (unpaired) electrons. The Balaban J connectivity index is 3.98. The van der Waals surface area contributed by atoms with Crippen LogP contribution in [0.25, 0.3) is 0 Å². The van der Waals surface area contributed by atoms with Crippen LogP contribution in [0, 0.1) is 5.92 Å². The van der Waals surface area contributed by atoms with Crippen LogP contribution < -0.4 is 5.73 Å². The lowest BCUT2D eigenvalue weighted by atomic mass is 10.1. The zero-order valence-corrected chi connectivity index (χ0v) is 11.8. The number of unbranched alkanes of at least 4 members (excludes halogenated alkanes) is 2. The fourth-order valence-corrected chi connectivity index (χ4v) is 2.33. The van der Waals surface area contributed by atoms with E-state index < -0.39 is 0 Å². The van der Waals surface area contributed by atoms with E-state index in [1.165, 1.54) is 45.2 Å². The van der Waals surface area contributed by atoms with Gasteiger partial charge >= 0.3 is 0 Å². The summed E-state index contributed by atoms with van der Waals surface area (Å²) in [6, 6.07) is 0.778. The average Bonchev–Trinajstić information content (AvgIpc) is 2.25. The Morgan fingerprint density at radius 3 is 2.06 bits per heavy atom. The van der Waals surface area contributed by atoms with Crippen molar-refractivity contribution in [2.45, 2.75) is 65.8 Å². The molecule has 0 aliphatic rings. The van der Waals surface area contributed by atoms with Gasteiger partial charge in [-0.25, -0.2) is 0 Å². The Morgan fingerprint density at radius 2 is 1.62 bits per heavy atom. The summed E-state index contributed by atoms with van der Waals surface area (Å²) in [5.74, 6) is 0.773. The largest absolute Gasteiger partial charge is 0.330 e. The van der Waals surface area contributed by atoms with E-state index in [1.54, 1.807) is 0 Å². The van der Waals surface area contributed by atoms with Crippen LogP contribution in [-0.2, 0) is 0 Å². The number of hydrogen-bond donors (Lipinski definition) is 1. The predicted molar refractivity (Wildman–Crippen MR) is 73.7 cm³/mol. The van der Waals surface area contributed by atoms with Crippen LogP contribution in [0.3, 0.4) is 0 Å². The molecule has 0 aliphatic heterocycles. The first-order valence-corrected chi connectivity index (χ1v) is 7.09. The Morgan fingerprint density at radius 1 is 1.00 bits per heavy atom. The van der Waals surface area contributed by atoms with Gasteiger partial charge in [0.1, 0.15) is 0 Å². The summed E-state index contributed by atoms with van der Waals surface area (Å²) in [5, 5.41) is 0. The van der Waals surface area contributed by atoms with Gasteiger partial charge < -0.3 is 10.6 Å². The van der Waals surface area contributed by atoms with E-state index in [0.29, 0.717) is 0 Å². The summed E-state index contributed by atoms with van der Waals surface area (Å²) in [6.07, 6.45) is 6.32. The summed E-state index contributed by atoms with van der Waals surface area (Å²) >= 11 is 0. The van der Waals surface area contributed by atoms with Gasteiger partial charge in [0.05, 0.1) is 0 Å². The van der Waals surface area contributed by atoms with E-state index >= 15 is 0 Å². The molecule has 2 heteroatoms. The number of nitrogens with zero attached hydrogens (tertiary/aromatic N) is 1. The average molecular weight is 228 g/mol. The smallest absolute Gasteiger partial charge is 0.00901 e. The summed E-state index contributed by atoms with van der Waals surface area (Å²) in [5.41, 5.74) is 5.52. The molecule has 0 unspecified atom stereocenters. The van der Waals surface area contributed by atoms with Gasteiger partial charge in [-0.2, -0.15) is 0 Å². The Hall–Kier alpha value is -0.0800. The van der Waals surface area contributed by atoms with E-state index in [1.807, 2.05) is 0 Å². The minimum absolute atomic E-state index is 0.773. The van der Waals surface area contributed by atoms with E-state index in [-0.39, 0.29) is 0 Å². The highest BCUT2D eigenvalue weighted by atomic mass is 15.1. The fourth-order valence-electron chi connectivity index (χ4n) is 2.33. The topological polar surface area (TPSA) is 29.3 Å². The Labute approximate surface area is 103 Å². The van der Waals surface area contributed by atoms with Crippen molar-refractivity contribution < 1.29 is 0 Å². The van der Waals surface area contributed by atoms with Crippen molar-refractivity contribution in [3.63, 3.8) is 0 Å². The van der Waals surface area contributed by atoms with Gasteiger partial charge in [-0.05, 0) is 44.7 Å². The van der Waals surface area contributed by atoms with Crippen LogP contribution in [0.5, 0.6) is 0 Å². The summed E-state index contributed by atoms with van der Waals surface area (Å²) in [7, 11) is 0. The zero-order chi connectivity index (χ0) is 12.4. The molecule has 0 aromatic heterocycles. The molecule has 0 atom stereocenters. The van der Waals surface area contributed by atoms with Crippen LogP contribution >= 0.6 is 0 Å². The highest BCUT2D eigenvalue weighted by molar-refractivity contribution is 4.70. The maximum Gasteiger partial charge on any atom is 0.00901 e. The lowest BCUT2D eigenvalue weighted by molar-refractivity contribution is 0.162. The minimum Gasteiger partial charge on any atom is -0.330 e. The third-order valence-electron chi connectivity index (χ3n) is 3.21. The lowest BCUT2D eigenvalue weighted by Gasteiger charge is -2.32. The first-order chi connectivity index (χ1) is 7.65. The van der Waals surface area contributed by atoms with Crippen molar-refractivity contribution in [1.82, 2.24) is 4.90 Å². The van der Waals surface area contributed by atoms with E-state index in [2.05, 4.69) is 32.6 Å². The molecule has 2 nitrogen and oxygen atoms in total. The highest BCUT2D eigenvalue weighted by Gasteiger charge is 2.15. The van der Waals surface area contributed by atoms with Gasteiger partial charge in [0, 0.05) is 12.6 Å². The first kappa shape index (κ1) is 15.9. The normalized spacial score (nSPS) is 12.0. The van der Waals surface area contributed by atoms with Crippen molar-refractivity contribution in [2.24, 2.45) is 11.7 Å². The molecule has 0 amide bonds. The molecule has 0 spiro atoms. The van der Waals surface area contributed by atoms with Crippen LogP contribution in [0.2, 0.25) is 0 Å². The molecule has 0 aromatic carbocycles. The van der Waals surface area contributed by atoms with Gasteiger partial charge in [-0.1, -0.05) is 34.1 Å². The summed E-state index contributed by atoms with van der Waals surface area (Å²) < 4.78 is 0. The molecule has 2 N–H and O–H groups in total. The van der Waals surface area contributed by atoms with E-state index in [9.17, 15) is 0 Å². The van der Waals surface area contributed by atoms with Crippen LogP contribution in [0.1, 0.15) is 59.8 Å². The molecular weight excluding hydrogens is 196 g/mol. The van der Waals surface area contributed by atoms with Crippen LogP contribution in [0.4, 0.5) is 0 Å². The minimum atomic E-state index is 0.773. The molecule has 0 saturated heterocycles. The third-order valence-corrected chi connectivity index (χ3v) is 3.21. The van der Waals surface area contributed by atoms with Crippen molar-refractivity contribution in [1.29, 1.82) is 0 Å². The van der Waals surface area contributed by atoms with Gasteiger partial charge in [0.2, 0.25) is 0 Å². The first-order valence-electron chi connectivity index (χ1n) is 7.09. The van der Waals surface area contributed by atoms with E-state index in [4.69, 9.17) is 5.73 Å². The maximum absolute atomic E-state index is 5.52. The zero-order valence-electron chi connectivity index (χ0n) is 11.8. The van der Waals surface area contributed by atoms with Gasteiger partial charge in [0.25, 0.3) is 0 Å². The molecule has 0 bridgehead atoms. The molecule has 16 heavy (non-hydrogen) atoms. The lowest BCUT2D eigenvalue weighted by Crippen LogP contribution is -2.38. The second-order valence-corrected chi connectivity index (χ2v) is 5.21. The third kappa shape index (κ3) is 7.24. The van der Waals surface area contributed by atoms with Gasteiger partial charge in [-0.3, -0.25) is 0 Å². The van der Waals surface area contributed by atoms with Crippen molar-refractivity contribution in [3.8, 4) is 0 Å². The molecule has 0 heterocycles. The quantitative estimate of drug-likeness (QED) is 0.582. The molecule has 98 valence electrons. The Bertz CT molecular complexity index is 142. The molecule has 0 fully saturated rings. The van der Waals surface area contributed by atoms with Crippen molar-refractivity contribution in [2.75, 3.05) is 19.6 Å². The molecular formula is C14H32N2. The molecule has 0 aromatic rings. The maximum atomic E-state index is 5.52. The second kappa shape index (κ2) is 10.1. The van der Waals surface area contributed by atoms with E-state index in [0.717, 1.165) is 18.5 Å². The van der Waals surface area contributed by atoms with Gasteiger partial charge in [0.15, 0.2) is 0 Å². The van der Waals surface area contributed by atoms with Crippen LogP contribution in [-0.4, -0.2) is 30.6 Å². The molecule has 0 aliphatic carbocycles. The number of hydrogen-bond acceptors (Lipinski definition) is 2. The van der Waals surface area contributed by atoms with Gasteiger partial charge in [-0.15, -0.1) is 0 Å². The highest BCUT2D eigenvalue weighted by Crippen LogP contribution is 2.12.